The van der Waals surface area contributed by atoms with Crippen molar-refractivity contribution >= 4 is 23.2 Å². The van der Waals surface area contributed by atoms with Crippen molar-refractivity contribution in [2.75, 3.05) is 17.3 Å². The third-order valence-corrected chi connectivity index (χ3v) is 3.57. The lowest BCUT2D eigenvalue weighted by atomic mass is 10.2. The summed E-state index contributed by atoms with van der Waals surface area (Å²) in [4.78, 5) is 25.9. The fourth-order valence-electron chi connectivity index (χ4n) is 2.50. The first-order valence-electron chi connectivity index (χ1n) is 7.01. The number of benzene rings is 2. The van der Waals surface area contributed by atoms with Crippen molar-refractivity contribution in [1.82, 2.24) is 0 Å². The average molecular weight is 296 g/mol. The molecule has 0 radical (unpaired) electrons. The minimum atomic E-state index is -0.541. The van der Waals surface area contributed by atoms with Gasteiger partial charge in [-0.3, -0.25) is 9.59 Å². The Labute approximate surface area is 128 Å². The Balaban J connectivity index is 1.82. The third kappa shape index (κ3) is 2.65. The van der Waals surface area contributed by atoms with E-state index < -0.39 is 6.04 Å². The smallest absolute Gasteiger partial charge is 0.256 e. The molecule has 0 bridgehead atoms. The molecule has 2 aromatic carbocycles. The Morgan fingerprint density at radius 2 is 1.86 bits per heavy atom. The number of methoxy groups -OCH3 is 1. The predicted octanol–water partition coefficient (Wildman–Crippen LogP) is 2.44. The molecule has 1 atom stereocenters. The monoisotopic (exact) mass is 296 g/mol. The zero-order valence-electron chi connectivity index (χ0n) is 12.2. The first-order chi connectivity index (χ1) is 10.7. The maximum atomic E-state index is 12.5. The molecule has 0 saturated carbocycles. The number of anilines is 2. The number of hydrogen-bond donors (Lipinski definition) is 1. The fraction of sp³-hybridized carbons (Fsp3) is 0.176. The highest BCUT2D eigenvalue weighted by molar-refractivity contribution is 6.23. The number of para-hydroxylation sites is 1. The zero-order valence-corrected chi connectivity index (χ0v) is 12.2. The Morgan fingerprint density at radius 3 is 2.59 bits per heavy atom. The molecule has 112 valence electrons. The molecule has 0 aromatic heterocycles. The van der Waals surface area contributed by atoms with Gasteiger partial charge in [0.25, 0.3) is 5.91 Å². The highest BCUT2D eigenvalue weighted by atomic mass is 16.5. The topological polar surface area (TPSA) is 58.6 Å². The lowest BCUT2D eigenvalue weighted by Gasteiger charge is -2.16. The minimum absolute atomic E-state index is 0.144. The van der Waals surface area contributed by atoms with Gasteiger partial charge in [0.2, 0.25) is 5.91 Å². The van der Waals surface area contributed by atoms with E-state index in [4.69, 9.17) is 4.74 Å². The molecule has 5 nitrogen and oxygen atoms in total. The van der Waals surface area contributed by atoms with Gasteiger partial charge in [0, 0.05) is 11.8 Å². The largest absolute Gasteiger partial charge is 0.497 e. The van der Waals surface area contributed by atoms with Gasteiger partial charge in [-0.05, 0) is 24.3 Å². The quantitative estimate of drug-likeness (QED) is 0.880. The van der Waals surface area contributed by atoms with Crippen LogP contribution in [0.4, 0.5) is 11.4 Å². The molecule has 5 heteroatoms. The standard InChI is InChI=1S/C17H16N2O3/c1-22-14-9-5-8-13(10-14)19-16(20)11-15(17(19)21)18-12-6-3-2-4-7-12/h2-10,15,18H,11H2,1H3/t15-/m0/s1. The second-order valence-electron chi connectivity index (χ2n) is 5.04. The number of nitrogens with one attached hydrogen (secondary N) is 1. The van der Waals surface area contributed by atoms with Crippen LogP contribution in [0.15, 0.2) is 54.6 Å². The number of ether oxygens (including phenoxy) is 1. The van der Waals surface area contributed by atoms with E-state index in [0.717, 1.165) is 5.69 Å². The van der Waals surface area contributed by atoms with E-state index in [1.54, 1.807) is 31.4 Å². The van der Waals surface area contributed by atoms with Crippen LogP contribution in [0.25, 0.3) is 0 Å². The van der Waals surface area contributed by atoms with Gasteiger partial charge in [-0.1, -0.05) is 24.3 Å². The van der Waals surface area contributed by atoms with E-state index in [0.29, 0.717) is 11.4 Å². The number of carbonyl (C=O) groups is 2. The van der Waals surface area contributed by atoms with Crippen LogP contribution in [0.3, 0.4) is 0 Å². The summed E-state index contributed by atoms with van der Waals surface area (Å²) < 4.78 is 5.14. The minimum Gasteiger partial charge on any atom is -0.497 e. The summed E-state index contributed by atoms with van der Waals surface area (Å²) in [5.41, 5.74) is 1.35. The van der Waals surface area contributed by atoms with Crippen molar-refractivity contribution < 1.29 is 14.3 Å². The second kappa shape index (κ2) is 5.89. The number of imide groups is 1. The van der Waals surface area contributed by atoms with E-state index in [1.807, 2.05) is 30.3 Å². The number of carbonyl (C=O) groups excluding carboxylic acids is 2. The van der Waals surface area contributed by atoms with Crippen LogP contribution in [-0.4, -0.2) is 25.0 Å². The van der Waals surface area contributed by atoms with Gasteiger partial charge in [-0.25, -0.2) is 4.90 Å². The summed E-state index contributed by atoms with van der Waals surface area (Å²) >= 11 is 0. The van der Waals surface area contributed by atoms with Crippen LogP contribution in [0, 0.1) is 0 Å². The molecule has 3 rings (SSSR count). The van der Waals surface area contributed by atoms with Crippen molar-refractivity contribution in [3.8, 4) is 5.75 Å². The molecule has 0 unspecified atom stereocenters. The number of rotatable bonds is 4. The van der Waals surface area contributed by atoms with E-state index in [2.05, 4.69) is 5.32 Å². The summed E-state index contributed by atoms with van der Waals surface area (Å²) in [5.74, 6) is 0.145. The number of hydrogen-bond acceptors (Lipinski definition) is 4. The van der Waals surface area contributed by atoms with Crippen LogP contribution in [0.5, 0.6) is 5.75 Å². The van der Waals surface area contributed by atoms with E-state index in [9.17, 15) is 9.59 Å². The summed E-state index contributed by atoms with van der Waals surface area (Å²) in [7, 11) is 1.55. The van der Waals surface area contributed by atoms with Crippen molar-refractivity contribution in [2.24, 2.45) is 0 Å². The molecule has 1 N–H and O–H groups in total. The Kier molecular flexibility index (Phi) is 3.78. The second-order valence-corrected chi connectivity index (χ2v) is 5.04. The van der Waals surface area contributed by atoms with Crippen molar-refractivity contribution in [3.05, 3.63) is 54.6 Å². The summed E-state index contributed by atoms with van der Waals surface area (Å²) in [6.07, 6.45) is 0.144. The van der Waals surface area contributed by atoms with Crippen molar-refractivity contribution in [3.63, 3.8) is 0 Å². The van der Waals surface area contributed by atoms with Gasteiger partial charge in [-0.2, -0.15) is 0 Å². The first kappa shape index (κ1) is 14.1. The van der Waals surface area contributed by atoms with Crippen LogP contribution in [0.2, 0.25) is 0 Å². The molecule has 1 aliphatic heterocycles. The first-order valence-corrected chi connectivity index (χ1v) is 7.01. The van der Waals surface area contributed by atoms with Crippen molar-refractivity contribution in [1.29, 1.82) is 0 Å². The summed E-state index contributed by atoms with van der Waals surface area (Å²) in [6.45, 7) is 0. The van der Waals surface area contributed by atoms with E-state index in [-0.39, 0.29) is 18.2 Å². The van der Waals surface area contributed by atoms with Crippen LogP contribution in [0.1, 0.15) is 6.42 Å². The summed E-state index contributed by atoms with van der Waals surface area (Å²) in [6, 6.07) is 15.8. The zero-order chi connectivity index (χ0) is 15.5. The van der Waals surface area contributed by atoms with E-state index >= 15 is 0 Å². The van der Waals surface area contributed by atoms with Crippen LogP contribution >= 0.6 is 0 Å². The predicted molar refractivity (Wildman–Crippen MR) is 84.0 cm³/mol. The third-order valence-electron chi connectivity index (χ3n) is 3.57. The highest BCUT2D eigenvalue weighted by Crippen LogP contribution is 2.27. The van der Waals surface area contributed by atoms with Gasteiger partial charge in [0.1, 0.15) is 11.8 Å². The highest BCUT2D eigenvalue weighted by Gasteiger charge is 2.39. The molecule has 22 heavy (non-hydrogen) atoms. The molecular formula is C17H16N2O3. The van der Waals surface area contributed by atoms with Gasteiger partial charge in [0.15, 0.2) is 0 Å². The molecule has 0 aliphatic carbocycles. The molecule has 1 fully saturated rings. The van der Waals surface area contributed by atoms with Crippen LogP contribution < -0.4 is 15.0 Å². The SMILES string of the molecule is COc1cccc(N2C(=O)C[C@H](Nc3ccccc3)C2=O)c1. The molecular weight excluding hydrogens is 280 g/mol. The molecule has 2 amide bonds. The van der Waals surface area contributed by atoms with Gasteiger partial charge in [-0.15, -0.1) is 0 Å². The fourth-order valence-corrected chi connectivity index (χ4v) is 2.50. The van der Waals surface area contributed by atoms with Crippen LogP contribution in [-0.2, 0) is 9.59 Å². The Bertz CT molecular complexity index is 700. The lowest BCUT2D eigenvalue weighted by molar-refractivity contribution is -0.121. The molecule has 0 spiro atoms. The van der Waals surface area contributed by atoms with Crippen molar-refractivity contribution in [2.45, 2.75) is 12.5 Å². The lowest BCUT2D eigenvalue weighted by Crippen LogP contribution is -2.34. The molecule has 1 heterocycles. The van der Waals surface area contributed by atoms with Gasteiger partial charge in [0.05, 0.1) is 19.2 Å². The Hall–Kier alpha value is -2.82. The number of nitrogens with zero attached hydrogens (tertiary/aromatic N) is 1. The van der Waals surface area contributed by atoms with E-state index in [1.165, 1.54) is 4.90 Å². The maximum Gasteiger partial charge on any atom is 0.256 e. The van der Waals surface area contributed by atoms with Gasteiger partial charge < -0.3 is 10.1 Å². The molecule has 1 aliphatic rings. The molecule has 1 saturated heterocycles. The average Bonchev–Trinajstić information content (AvgIpc) is 2.82. The normalized spacial score (nSPS) is 17.7. The Morgan fingerprint density at radius 1 is 1.09 bits per heavy atom. The molecule has 2 aromatic rings. The van der Waals surface area contributed by atoms with Gasteiger partial charge >= 0.3 is 0 Å². The maximum absolute atomic E-state index is 12.5. The number of amides is 2. The summed E-state index contributed by atoms with van der Waals surface area (Å²) in [5, 5.41) is 3.11.